The number of rotatable bonds is 7. The number of carbonyl (C=O) groups is 2. The second-order valence-electron chi connectivity index (χ2n) is 7.83. The van der Waals surface area contributed by atoms with Gasteiger partial charge in [-0.2, -0.15) is 0 Å². The molecule has 32 heavy (non-hydrogen) atoms. The molecule has 0 radical (unpaired) electrons. The maximum absolute atomic E-state index is 13.1. The zero-order chi connectivity index (χ0) is 22.3. The van der Waals surface area contributed by atoms with E-state index in [4.69, 9.17) is 9.47 Å². The van der Waals surface area contributed by atoms with Gasteiger partial charge in [0.1, 0.15) is 11.5 Å². The van der Waals surface area contributed by atoms with Crippen LogP contribution >= 0.6 is 0 Å². The summed E-state index contributed by atoms with van der Waals surface area (Å²) < 4.78 is 10.8. The van der Waals surface area contributed by atoms with Crippen LogP contribution in [0, 0.1) is 0 Å². The van der Waals surface area contributed by atoms with E-state index in [1.54, 1.807) is 7.11 Å². The van der Waals surface area contributed by atoms with Gasteiger partial charge < -0.3 is 19.3 Å². The normalized spacial score (nSPS) is 13.8. The van der Waals surface area contributed by atoms with E-state index in [1.165, 1.54) is 0 Å². The van der Waals surface area contributed by atoms with Crippen molar-refractivity contribution in [1.29, 1.82) is 0 Å². The van der Waals surface area contributed by atoms with E-state index in [-0.39, 0.29) is 11.8 Å². The number of hydrogen-bond acceptors (Lipinski definition) is 4. The van der Waals surface area contributed by atoms with Gasteiger partial charge in [-0.1, -0.05) is 36.4 Å². The van der Waals surface area contributed by atoms with E-state index in [0.717, 1.165) is 27.8 Å². The number of carbonyl (C=O) groups excluding carboxylic acids is 2. The summed E-state index contributed by atoms with van der Waals surface area (Å²) in [6, 6.07) is 21.1. The van der Waals surface area contributed by atoms with Gasteiger partial charge in [-0.05, 0) is 47.5 Å². The Bertz CT molecular complexity index is 1070. The molecule has 1 saturated heterocycles. The molecule has 0 atom stereocenters. The van der Waals surface area contributed by atoms with Gasteiger partial charge in [0, 0.05) is 38.2 Å². The Balaban J connectivity index is 1.23. The van der Waals surface area contributed by atoms with E-state index in [1.807, 2.05) is 76.5 Å². The molecule has 0 aromatic heterocycles. The molecular weight excluding hydrogens is 404 g/mol. The molecule has 2 amide bonds. The smallest absolute Gasteiger partial charge is 0.254 e. The minimum Gasteiger partial charge on any atom is -0.497 e. The van der Waals surface area contributed by atoms with Gasteiger partial charge in [0.2, 0.25) is 5.91 Å². The van der Waals surface area contributed by atoms with Gasteiger partial charge in [0.15, 0.2) is 0 Å². The fourth-order valence-electron chi connectivity index (χ4n) is 3.98. The zero-order valence-electron chi connectivity index (χ0n) is 18.3. The van der Waals surface area contributed by atoms with E-state index in [9.17, 15) is 9.59 Å². The summed E-state index contributed by atoms with van der Waals surface area (Å²) in [5.74, 6) is 1.69. The Morgan fingerprint density at radius 3 is 2.22 bits per heavy atom. The monoisotopic (exact) mass is 432 g/mol. The van der Waals surface area contributed by atoms with Crippen molar-refractivity contribution in [3.05, 3.63) is 72.3 Å². The maximum Gasteiger partial charge on any atom is 0.254 e. The summed E-state index contributed by atoms with van der Waals surface area (Å²) in [6.45, 7) is 2.72. The first-order valence-electron chi connectivity index (χ1n) is 11.0. The molecule has 3 aromatic carbocycles. The first kappa shape index (κ1) is 21.7. The van der Waals surface area contributed by atoms with Crippen molar-refractivity contribution in [1.82, 2.24) is 9.80 Å². The number of amides is 2. The standard InChI is InChI=1S/C26H28N2O4/c1-31-21-11-13-22(14-12-21)32-19-5-10-25(29)27-15-17-28(18-16-27)26(30)24-9-4-7-20-6-2-3-8-23(20)24/h2-4,6-9,11-14H,5,10,15-19H2,1H3. The number of methoxy groups -OCH3 is 1. The van der Waals surface area contributed by atoms with Crippen LogP contribution in [-0.2, 0) is 4.79 Å². The predicted molar refractivity (Wildman–Crippen MR) is 124 cm³/mol. The van der Waals surface area contributed by atoms with Crippen molar-refractivity contribution < 1.29 is 19.1 Å². The lowest BCUT2D eigenvalue weighted by molar-refractivity contribution is -0.132. The average molecular weight is 433 g/mol. The van der Waals surface area contributed by atoms with Crippen LogP contribution in [-0.4, -0.2) is 61.5 Å². The molecule has 1 aliphatic heterocycles. The number of piperazine rings is 1. The second-order valence-corrected chi connectivity index (χ2v) is 7.83. The molecule has 6 nitrogen and oxygen atoms in total. The first-order chi connectivity index (χ1) is 15.7. The average Bonchev–Trinajstić information content (AvgIpc) is 2.86. The van der Waals surface area contributed by atoms with E-state index in [0.29, 0.717) is 45.6 Å². The van der Waals surface area contributed by atoms with Crippen molar-refractivity contribution in [2.24, 2.45) is 0 Å². The Morgan fingerprint density at radius 2 is 1.47 bits per heavy atom. The molecule has 4 rings (SSSR count). The van der Waals surface area contributed by atoms with Crippen LogP contribution in [0.5, 0.6) is 11.5 Å². The molecular formula is C26H28N2O4. The summed E-state index contributed by atoms with van der Waals surface area (Å²) in [6.07, 6.45) is 1.09. The Morgan fingerprint density at radius 1 is 0.812 bits per heavy atom. The van der Waals surface area contributed by atoms with Crippen LogP contribution in [0.2, 0.25) is 0 Å². The molecule has 0 spiro atoms. The highest BCUT2D eigenvalue weighted by Gasteiger charge is 2.25. The molecule has 1 aliphatic rings. The van der Waals surface area contributed by atoms with Crippen LogP contribution in [0.1, 0.15) is 23.2 Å². The molecule has 166 valence electrons. The predicted octanol–water partition coefficient (Wildman–Crippen LogP) is 3.99. The highest BCUT2D eigenvalue weighted by molar-refractivity contribution is 6.07. The van der Waals surface area contributed by atoms with Crippen molar-refractivity contribution in [3.63, 3.8) is 0 Å². The number of fused-ring (bicyclic) bond motifs is 1. The molecule has 6 heteroatoms. The minimum atomic E-state index is 0.0294. The lowest BCUT2D eigenvalue weighted by Gasteiger charge is -2.35. The van der Waals surface area contributed by atoms with Gasteiger partial charge in [-0.25, -0.2) is 0 Å². The fraction of sp³-hybridized carbons (Fsp3) is 0.308. The molecule has 0 N–H and O–H groups in total. The number of nitrogens with zero attached hydrogens (tertiary/aromatic N) is 2. The largest absolute Gasteiger partial charge is 0.497 e. The Hall–Kier alpha value is -3.54. The second kappa shape index (κ2) is 10.2. The first-order valence-corrected chi connectivity index (χ1v) is 11.0. The molecule has 1 heterocycles. The maximum atomic E-state index is 13.1. The lowest BCUT2D eigenvalue weighted by atomic mass is 10.0. The third-order valence-corrected chi connectivity index (χ3v) is 5.80. The fourth-order valence-corrected chi connectivity index (χ4v) is 3.98. The Kier molecular flexibility index (Phi) is 6.90. The topological polar surface area (TPSA) is 59.1 Å². The van der Waals surface area contributed by atoms with Gasteiger partial charge in [-0.15, -0.1) is 0 Å². The summed E-state index contributed by atoms with van der Waals surface area (Å²) in [5, 5.41) is 2.03. The van der Waals surface area contributed by atoms with Crippen molar-refractivity contribution in [2.45, 2.75) is 12.8 Å². The van der Waals surface area contributed by atoms with Crippen molar-refractivity contribution in [2.75, 3.05) is 39.9 Å². The van der Waals surface area contributed by atoms with E-state index in [2.05, 4.69) is 0 Å². The number of hydrogen-bond donors (Lipinski definition) is 0. The third kappa shape index (κ3) is 5.02. The van der Waals surface area contributed by atoms with Crippen LogP contribution in [0.25, 0.3) is 10.8 Å². The highest BCUT2D eigenvalue weighted by atomic mass is 16.5. The molecule has 3 aromatic rings. The highest BCUT2D eigenvalue weighted by Crippen LogP contribution is 2.21. The quantitative estimate of drug-likeness (QED) is 0.530. The van der Waals surface area contributed by atoms with E-state index >= 15 is 0 Å². The van der Waals surface area contributed by atoms with Crippen LogP contribution < -0.4 is 9.47 Å². The third-order valence-electron chi connectivity index (χ3n) is 5.80. The van der Waals surface area contributed by atoms with Crippen LogP contribution in [0.4, 0.5) is 0 Å². The summed E-state index contributed by atoms with van der Waals surface area (Å²) in [4.78, 5) is 29.3. The summed E-state index contributed by atoms with van der Waals surface area (Å²) >= 11 is 0. The van der Waals surface area contributed by atoms with Gasteiger partial charge in [-0.3, -0.25) is 9.59 Å². The summed E-state index contributed by atoms with van der Waals surface area (Å²) in [7, 11) is 1.63. The van der Waals surface area contributed by atoms with Gasteiger partial charge >= 0.3 is 0 Å². The van der Waals surface area contributed by atoms with Gasteiger partial charge in [0.25, 0.3) is 5.91 Å². The van der Waals surface area contributed by atoms with Crippen LogP contribution in [0.15, 0.2) is 66.7 Å². The molecule has 0 saturated carbocycles. The lowest BCUT2D eigenvalue weighted by Crippen LogP contribution is -2.50. The van der Waals surface area contributed by atoms with Gasteiger partial charge in [0.05, 0.1) is 13.7 Å². The Labute approximate surface area is 188 Å². The summed E-state index contributed by atoms with van der Waals surface area (Å²) in [5.41, 5.74) is 0.721. The zero-order valence-corrected chi connectivity index (χ0v) is 18.3. The van der Waals surface area contributed by atoms with Crippen molar-refractivity contribution in [3.8, 4) is 11.5 Å². The molecule has 0 aliphatic carbocycles. The SMILES string of the molecule is COc1ccc(OCCCC(=O)N2CCN(C(=O)c3cccc4ccccc34)CC2)cc1. The molecule has 1 fully saturated rings. The van der Waals surface area contributed by atoms with Crippen molar-refractivity contribution >= 4 is 22.6 Å². The molecule has 0 unspecified atom stereocenters. The number of ether oxygens (including phenoxy) is 2. The number of benzene rings is 3. The molecule has 0 bridgehead atoms. The minimum absolute atomic E-state index is 0.0294. The van der Waals surface area contributed by atoms with E-state index < -0.39 is 0 Å². The van der Waals surface area contributed by atoms with Crippen LogP contribution in [0.3, 0.4) is 0 Å².